The summed E-state index contributed by atoms with van der Waals surface area (Å²) in [5.41, 5.74) is 1.79. The standard InChI is InChI=1S/C17H15N3O2/c1-17-11-15(21)18-13-9-5-6-10-14(13)20(17)16(19-22-17)12-7-3-2-4-8-12/h2-10H,11H2,1H3,(H,18,21). The number of amides is 1. The molecule has 22 heavy (non-hydrogen) atoms. The van der Waals surface area contributed by atoms with Crippen LogP contribution in [-0.4, -0.2) is 17.5 Å². The van der Waals surface area contributed by atoms with Gasteiger partial charge in [0.25, 0.3) is 0 Å². The highest BCUT2D eigenvalue weighted by Gasteiger charge is 2.47. The van der Waals surface area contributed by atoms with Crippen LogP contribution in [0.1, 0.15) is 18.9 Å². The summed E-state index contributed by atoms with van der Waals surface area (Å²) >= 11 is 0. The van der Waals surface area contributed by atoms with Crippen LogP contribution in [0.4, 0.5) is 11.4 Å². The molecular weight excluding hydrogens is 278 g/mol. The molecule has 0 bridgehead atoms. The number of hydrogen-bond acceptors (Lipinski definition) is 4. The van der Waals surface area contributed by atoms with E-state index in [1.165, 1.54) is 0 Å². The number of fused-ring (bicyclic) bond motifs is 3. The Morgan fingerprint density at radius 1 is 1.14 bits per heavy atom. The van der Waals surface area contributed by atoms with Gasteiger partial charge in [0.15, 0.2) is 5.84 Å². The van der Waals surface area contributed by atoms with E-state index >= 15 is 0 Å². The van der Waals surface area contributed by atoms with Crippen molar-refractivity contribution in [2.24, 2.45) is 5.16 Å². The maximum Gasteiger partial charge on any atom is 0.230 e. The Labute approximate surface area is 128 Å². The number of nitrogens with zero attached hydrogens (tertiary/aromatic N) is 2. The molecule has 4 rings (SSSR count). The van der Waals surface area contributed by atoms with Gasteiger partial charge in [0.05, 0.1) is 17.8 Å². The molecule has 1 amide bonds. The van der Waals surface area contributed by atoms with E-state index in [1.807, 2.05) is 66.4 Å². The Kier molecular flexibility index (Phi) is 2.69. The third kappa shape index (κ3) is 1.86. The predicted molar refractivity (Wildman–Crippen MR) is 84.6 cm³/mol. The lowest BCUT2D eigenvalue weighted by Crippen LogP contribution is -2.47. The SMILES string of the molecule is CC12CC(=O)Nc3ccccc3N1C(c1ccccc1)=NO2. The van der Waals surface area contributed by atoms with Gasteiger partial charge >= 0.3 is 0 Å². The fourth-order valence-electron chi connectivity index (χ4n) is 2.96. The monoisotopic (exact) mass is 293 g/mol. The first kappa shape index (κ1) is 12.9. The van der Waals surface area contributed by atoms with E-state index in [9.17, 15) is 4.79 Å². The molecule has 0 saturated carbocycles. The predicted octanol–water partition coefficient (Wildman–Crippen LogP) is 2.94. The number of benzene rings is 2. The summed E-state index contributed by atoms with van der Waals surface area (Å²) in [6.07, 6.45) is 0.210. The van der Waals surface area contributed by atoms with E-state index in [2.05, 4.69) is 10.5 Å². The van der Waals surface area contributed by atoms with Gasteiger partial charge in [0.1, 0.15) is 0 Å². The summed E-state index contributed by atoms with van der Waals surface area (Å²) in [4.78, 5) is 19.8. The zero-order chi connectivity index (χ0) is 15.2. The van der Waals surface area contributed by atoms with E-state index < -0.39 is 5.72 Å². The third-order valence-electron chi connectivity index (χ3n) is 3.95. The Hall–Kier alpha value is -2.82. The molecule has 2 heterocycles. The van der Waals surface area contributed by atoms with Crippen molar-refractivity contribution in [3.8, 4) is 0 Å². The summed E-state index contributed by atoms with van der Waals surface area (Å²) in [5.74, 6) is 0.633. The molecule has 2 aromatic rings. The van der Waals surface area contributed by atoms with Crippen molar-refractivity contribution < 1.29 is 9.63 Å². The first-order valence-electron chi connectivity index (χ1n) is 7.18. The Balaban J connectivity index is 1.89. The van der Waals surface area contributed by atoms with Crippen molar-refractivity contribution in [1.29, 1.82) is 0 Å². The third-order valence-corrected chi connectivity index (χ3v) is 3.95. The smallest absolute Gasteiger partial charge is 0.230 e. The van der Waals surface area contributed by atoms with Crippen molar-refractivity contribution in [2.75, 3.05) is 10.2 Å². The average Bonchev–Trinajstić information content (AvgIpc) is 2.80. The quantitative estimate of drug-likeness (QED) is 0.879. The van der Waals surface area contributed by atoms with Crippen LogP contribution in [0.25, 0.3) is 0 Å². The Morgan fingerprint density at radius 3 is 2.68 bits per heavy atom. The number of amidine groups is 1. The minimum Gasteiger partial charge on any atom is -0.364 e. The lowest BCUT2D eigenvalue weighted by atomic mass is 10.1. The van der Waals surface area contributed by atoms with Gasteiger partial charge in [-0.25, -0.2) is 0 Å². The molecule has 0 saturated heterocycles. The van der Waals surface area contributed by atoms with E-state index in [0.717, 1.165) is 16.9 Å². The fraction of sp³-hybridized carbons (Fsp3) is 0.176. The normalized spacial score (nSPS) is 22.9. The Morgan fingerprint density at radius 2 is 1.86 bits per heavy atom. The molecule has 0 aliphatic carbocycles. The van der Waals surface area contributed by atoms with Crippen LogP contribution in [0.5, 0.6) is 0 Å². The molecule has 1 N–H and O–H groups in total. The maximum atomic E-state index is 12.2. The number of oxime groups is 1. The molecule has 2 aliphatic heterocycles. The fourth-order valence-corrected chi connectivity index (χ4v) is 2.96. The summed E-state index contributed by atoms with van der Waals surface area (Å²) in [7, 11) is 0. The van der Waals surface area contributed by atoms with Crippen LogP contribution in [0.15, 0.2) is 59.8 Å². The second-order valence-corrected chi connectivity index (χ2v) is 5.62. The van der Waals surface area contributed by atoms with Gasteiger partial charge in [-0.05, 0) is 19.1 Å². The number of nitrogens with one attached hydrogen (secondary N) is 1. The van der Waals surface area contributed by atoms with Gasteiger partial charge in [-0.2, -0.15) is 0 Å². The van der Waals surface area contributed by atoms with Crippen molar-refractivity contribution in [3.63, 3.8) is 0 Å². The second-order valence-electron chi connectivity index (χ2n) is 5.62. The molecule has 0 fully saturated rings. The number of carbonyl (C=O) groups excluding carboxylic acids is 1. The van der Waals surface area contributed by atoms with Crippen LogP contribution in [-0.2, 0) is 9.63 Å². The summed E-state index contributed by atoms with van der Waals surface area (Å²) in [5, 5.41) is 7.19. The topological polar surface area (TPSA) is 53.9 Å². The molecule has 5 nitrogen and oxygen atoms in total. The zero-order valence-electron chi connectivity index (χ0n) is 12.1. The van der Waals surface area contributed by atoms with Crippen LogP contribution in [0.3, 0.4) is 0 Å². The average molecular weight is 293 g/mol. The first-order chi connectivity index (χ1) is 10.7. The van der Waals surface area contributed by atoms with Gasteiger partial charge in [0.2, 0.25) is 11.6 Å². The summed E-state index contributed by atoms with van der Waals surface area (Å²) in [6, 6.07) is 17.5. The second kappa shape index (κ2) is 4.59. The highest BCUT2D eigenvalue weighted by Crippen LogP contribution is 2.41. The number of carbonyl (C=O) groups is 1. The van der Waals surface area contributed by atoms with Gasteiger partial charge in [-0.1, -0.05) is 47.6 Å². The van der Waals surface area contributed by atoms with Gasteiger partial charge in [-0.15, -0.1) is 0 Å². The number of para-hydroxylation sites is 2. The molecular formula is C17H15N3O2. The Bertz CT molecular complexity index is 772. The van der Waals surface area contributed by atoms with Crippen molar-refractivity contribution >= 4 is 23.1 Å². The zero-order valence-corrected chi connectivity index (χ0v) is 12.1. The minimum atomic E-state index is -0.818. The summed E-state index contributed by atoms with van der Waals surface area (Å²) in [6.45, 7) is 1.88. The molecule has 0 spiro atoms. The number of rotatable bonds is 1. The van der Waals surface area contributed by atoms with Crippen molar-refractivity contribution in [3.05, 3.63) is 60.2 Å². The summed E-state index contributed by atoms with van der Waals surface area (Å²) < 4.78 is 0. The van der Waals surface area contributed by atoms with Gasteiger partial charge in [0, 0.05) is 5.56 Å². The largest absolute Gasteiger partial charge is 0.364 e. The molecule has 0 radical (unpaired) electrons. The number of hydrogen-bond donors (Lipinski definition) is 1. The number of anilines is 2. The molecule has 5 heteroatoms. The lowest BCUT2D eigenvalue weighted by molar-refractivity contribution is -0.121. The molecule has 1 unspecified atom stereocenters. The molecule has 110 valence electrons. The minimum absolute atomic E-state index is 0.0815. The highest BCUT2D eigenvalue weighted by atomic mass is 16.7. The van der Waals surface area contributed by atoms with Crippen LogP contribution in [0.2, 0.25) is 0 Å². The van der Waals surface area contributed by atoms with E-state index in [-0.39, 0.29) is 12.3 Å². The van der Waals surface area contributed by atoms with E-state index in [4.69, 9.17) is 4.84 Å². The van der Waals surface area contributed by atoms with Gasteiger partial charge in [-0.3, -0.25) is 9.69 Å². The van der Waals surface area contributed by atoms with Gasteiger partial charge < -0.3 is 10.2 Å². The maximum absolute atomic E-state index is 12.2. The molecule has 2 aromatic carbocycles. The van der Waals surface area contributed by atoms with Crippen LogP contribution < -0.4 is 10.2 Å². The van der Waals surface area contributed by atoms with Crippen LogP contribution >= 0.6 is 0 Å². The van der Waals surface area contributed by atoms with E-state index in [1.54, 1.807) is 0 Å². The van der Waals surface area contributed by atoms with E-state index in [0.29, 0.717) is 5.84 Å². The van der Waals surface area contributed by atoms with Crippen molar-refractivity contribution in [2.45, 2.75) is 19.1 Å². The molecule has 1 atom stereocenters. The lowest BCUT2D eigenvalue weighted by Gasteiger charge is -2.32. The van der Waals surface area contributed by atoms with Crippen molar-refractivity contribution in [1.82, 2.24) is 0 Å². The molecule has 0 aromatic heterocycles. The highest BCUT2D eigenvalue weighted by molar-refractivity contribution is 6.15. The van der Waals surface area contributed by atoms with Crippen LogP contribution in [0, 0.1) is 0 Å². The molecule has 2 aliphatic rings. The first-order valence-corrected chi connectivity index (χ1v) is 7.18.